The number of hydrogen-bond acceptors (Lipinski definition) is 26. The van der Waals surface area contributed by atoms with Crippen LogP contribution in [0.2, 0.25) is 0 Å². The molecule has 0 radical (unpaired) electrons. The van der Waals surface area contributed by atoms with E-state index in [9.17, 15) is 64.7 Å². The molecule has 8 amide bonds. The second kappa shape index (κ2) is 49.7. The van der Waals surface area contributed by atoms with Crippen LogP contribution in [0.4, 0.5) is 71.8 Å². The Morgan fingerprint density at radius 3 is 0.919 bits per heavy atom. The van der Waals surface area contributed by atoms with E-state index in [-0.39, 0.29) is 157 Å². The monoisotopic (exact) mass is 1810 g/mol. The lowest BCUT2D eigenvalue weighted by Crippen LogP contribution is -2.45. The smallest absolute Gasteiger partial charge is 0.370 e. The van der Waals surface area contributed by atoms with Gasteiger partial charge < -0.3 is 110 Å². The first-order chi connectivity index (χ1) is 58.6. The van der Waals surface area contributed by atoms with E-state index in [0.29, 0.717) is 121 Å². The molecule has 36 nitrogen and oxygen atoms in total. The van der Waals surface area contributed by atoms with E-state index in [1.807, 2.05) is 26.8 Å². The summed E-state index contributed by atoms with van der Waals surface area (Å²) < 4.78 is 88.5. The van der Waals surface area contributed by atoms with Gasteiger partial charge in [0, 0.05) is 92.4 Å². The van der Waals surface area contributed by atoms with Crippen LogP contribution in [-0.2, 0) is 42.4 Å². The van der Waals surface area contributed by atoms with Crippen molar-refractivity contribution in [3.63, 3.8) is 0 Å². The van der Waals surface area contributed by atoms with E-state index < -0.39 is 105 Å². The van der Waals surface area contributed by atoms with E-state index in [4.69, 9.17) is 62.4 Å². The molecule has 6 rings (SSSR count). The highest BCUT2D eigenvalue weighted by Crippen LogP contribution is 2.46. The molecule has 32 N–H and O–H groups in total. The molecule has 0 aliphatic rings. The maximum atomic E-state index is 14.9. The van der Waals surface area contributed by atoms with Crippen molar-refractivity contribution in [1.82, 2.24) is 41.2 Å². The van der Waals surface area contributed by atoms with Crippen LogP contribution in [0.5, 0.6) is 0 Å². The number of anilines is 8. The third-order valence-electron chi connectivity index (χ3n) is 17.8. The summed E-state index contributed by atoms with van der Waals surface area (Å²) in [5, 5.41) is 48.1. The minimum absolute atomic E-state index is 0.0122. The Balaban J connectivity index is 1.32. The molecule has 2 heterocycles. The lowest BCUT2D eigenvalue weighted by molar-refractivity contribution is -0.138. The number of carbonyl (C=O) groups excluding carboxylic acids is 8. The fraction of sp³-hybridized carbons (Fsp3) is 0.449. The van der Waals surface area contributed by atoms with Crippen LogP contribution < -0.4 is 115 Å². The van der Waals surface area contributed by atoms with E-state index in [1.165, 1.54) is 29.6 Å². The summed E-state index contributed by atoms with van der Waals surface area (Å²) in [6.07, 6.45) is -5.70. The van der Waals surface area contributed by atoms with Gasteiger partial charge in [0.25, 0.3) is 23.6 Å². The number of alkyl halides is 6. The van der Waals surface area contributed by atoms with Gasteiger partial charge in [0.05, 0.1) is 82.8 Å². The number of amides is 8. The lowest BCUT2D eigenvalue weighted by atomic mass is 9.84. The molecule has 0 unspecified atom stereocenters. The molecule has 0 atom stereocenters. The van der Waals surface area contributed by atoms with Crippen LogP contribution in [0.25, 0.3) is 0 Å². The van der Waals surface area contributed by atoms with Crippen molar-refractivity contribution in [3.05, 3.63) is 118 Å². The van der Waals surface area contributed by atoms with E-state index in [2.05, 4.69) is 88.7 Å². The molecule has 46 heteroatoms. The summed E-state index contributed by atoms with van der Waals surface area (Å²) in [7, 11) is 0. The largest absolute Gasteiger partial charge is 0.416 e. The van der Waals surface area contributed by atoms with Gasteiger partial charge in [0.2, 0.25) is 23.6 Å². The van der Waals surface area contributed by atoms with E-state index >= 15 is 0 Å². The Kier molecular flexibility index (Phi) is 40.9. The quantitative estimate of drug-likeness (QED) is 0.00431. The predicted molar refractivity (Wildman–Crippen MR) is 477 cm³/mol. The Morgan fingerprint density at radius 2 is 0.653 bits per heavy atom. The van der Waals surface area contributed by atoms with Gasteiger partial charge in [-0.05, 0) is 143 Å². The lowest BCUT2D eigenvalue weighted by Gasteiger charge is -2.27. The van der Waals surface area contributed by atoms with Gasteiger partial charge in [-0.1, -0.05) is 34.6 Å². The number of aliphatic imine (C=N–C) groups is 1. The third-order valence-corrected chi connectivity index (χ3v) is 22.3. The van der Waals surface area contributed by atoms with E-state index in [1.54, 1.807) is 32.0 Å². The molecule has 0 aliphatic carbocycles. The number of rotatable bonds is 48. The topological polar surface area (TPSA) is 627 Å². The zero-order valence-corrected chi connectivity index (χ0v) is 72.5. The highest BCUT2D eigenvalue weighted by molar-refractivity contribution is 8.00. The van der Waals surface area contributed by atoms with Gasteiger partial charge in [-0.15, -0.1) is 47.0 Å². The van der Waals surface area contributed by atoms with Crippen molar-refractivity contribution in [2.45, 2.75) is 161 Å². The fourth-order valence-electron chi connectivity index (χ4n) is 11.4. The van der Waals surface area contributed by atoms with Crippen molar-refractivity contribution < 1.29 is 64.7 Å². The Labute approximate surface area is 730 Å². The first-order valence-electron chi connectivity index (χ1n) is 39.4. The molecule has 124 heavy (non-hydrogen) atoms. The number of hydrogen-bond donors (Lipinski definition) is 23. The standard InChI is InChI=1S/C78H110F6N28O8S4/c1-75(2,3)43-30-47(105-59(113)14-6-10-18-85)63(121-26-22-96-71(89)90)51(31-43)109-67(117)55-38-56(102-41-101-55)68(118)110-52-33-44(32-48(106-60(114)15-7-11-19-86)64(52)122-27-23-97-72(91)92)76(4,5)40-100-74(95)99-25-29-124-66-50(108-62(116)17-9-13-21-88)35-46(78(82,83)84)37-54(66)112-70(120)58-39-57(103-42-104-58)69(119)111-53-36-45(77(79,80)81)34-49(107-61(115)16-8-12-20-87)65(53)123-28-24-98-73(93)94/h30-39,41-42,72,97H,6-29,40,85-88,91-92H2,1-5H3,(H,105,113)(H,106,114)(H,107,115)(H,108,116)(H,109,117)(H,110,118)(H,111,119)(H,112,120)(H4,89,90,96)(H4,93,94,98)(H3,95,99,100). The summed E-state index contributed by atoms with van der Waals surface area (Å²) in [4.78, 5) is 133. The molecule has 4 aromatic carbocycles. The molecular formula is C78H110F6N28O8S4. The zero-order chi connectivity index (χ0) is 91.5. The first kappa shape index (κ1) is 102. The minimum atomic E-state index is -5.08. The molecule has 676 valence electrons. The third kappa shape index (κ3) is 34.1. The molecule has 2 aromatic heterocycles. The Hall–Kier alpha value is -10.7. The number of carbonyl (C=O) groups is 8. The number of nitrogens with two attached hydrogens (primary N) is 9. The number of halogens is 6. The number of nitrogens with one attached hydrogen (secondary N) is 14. The molecule has 0 saturated carbocycles. The summed E-state index contributed by atoms with van der Waals surface area (Å²) >= 11 is 4.26. The van der Waals surface area contributed by atoms with Crippen LogP contribution in [0.3, 0.4) is 0 Å². The van der Waals surface area contributed by atoms with Gasteiger partial charge in [0.15, 0.2) is 17.9 Å². The molecule has 0 saturated heterocycles. The average molecular weight is 1810 g/mol. The number of guanidine groups is 3. The number of nitrogens with zero attached hydrogens (tertiary/aromatic N) is 5. The minimum Gasteiger partial charge on any atom is -0.370 e. The van der Waals surface area contributed by atoms with Gasteiger partial charge in [0.1, 0.15) is 41.7 Å². The van der Waals surface area contributed by atoms with Gasteiger partial charge in [-0.25, -0.2) is 19.9 Å². The number of thioether (sulfide) groups is 4. The van der Waals surface area contributed by atoms with Gasteiger partial charge >= 0.3 is 12.4 Å². The maximum absolute atomic E-state index is 14.9. The maximum Gasteiger partial charge on any atom is 0.416 e. The number of benzene rings is 4. The van der Waals surface area contributed by atoms with Crippen LogP contribution in [0.15, 0.2) is 97.9 Å². The summed E-state index contributed by atoms with van der Waals surface area (Å²) in [6, 6.07) is 11.6. The number of aromatic nitrogens is 4. The average Bonchev–Trinajstić information content (AvgIpc) is 0.799. The van der Waals surface area contributed by atoms with Crippen LogP contribution in [-0.4, -0.2) is 173 Å². The van der Waals surface area contributed by atoms with Crippen molar-refractivity contribution in [2.75, 3.05) is 124 Å². The van der Waals surface area contributed by atoms with Crippen molar-refractivity contribution >= 4 is 158 Å². The highest BCUT2D eigenvalue weighted by atomic mass is 32.2. The first-order valence-corrected chi connectivity index (χ1v) is 43.3. The van der Waals surface area contributed by atoms with Crippen molar-refractivity contribution in [1.29, 1.82) is 10.8 Å². The molecule has 0 spiro atoms. The molecular weight excluding hydrogens is 1700 g/mol. The fourth-order valence-corrected chi connectivity index (χ4v) is 15.1. The van der Waals surface area contributed by atoms with Crippen LogP contribution in [0, 0.1) is 10.8 Å². The summed E-state index contributed by atoms with van der Waals surface area (Å²) in [5.41, 5.74) is 46.9. The van der Waals surface area contributed by atoms with Crippen LogP contribution in [0.1, 0.15) is 176 Å². The molecule has 0 bridgehead atoms. The van der Waals surface area contributed by atoms with Crippen LogP contribution >= 0.6 is 47.0 Å². The second-order valence-electron chi connectivity index (χ2n) is 29.5. The van der Waals surface area contributed by atoms with Crippen molar-refractivity contribution in [3.8, 4) is 0 Å². The highest BCUT2D eigenvalue weighted by Gasteiger charge is 2.36. The second-order valence-corrected chi connectivity index (χ2v) is 33.9. The normalized spacial score (nSPS) is 11.8. The summed E-state index contributed by atoms with van der Waals surface area (Å²) in [5.74, 6) is -6.21. The Bertz CT molecular complexity index is 4750. The summed E-state index contributed by atoms with van der Waals surface area (Å²) in [6.45, 7) is 11.0. The molecule has 0 fully saturated rings. The van der Waals surface area contributed by atoms with Gasteiger partial charge in [-0.2, -0.15) is 26.3 Å². The number of unbranched alkanes of at least 4 members (excludes halogenated alkanes) is 4. The van der Waals surface area contributed by atoms with E-state index in [0.717, 1.165) is 47.8 Å². The SMILES string of the molecule is CC(C)(C)c1cc(NC(=O)CCCCN)c(SCCNC(=N)N)c(NC(=O)c2cc(C(=O)Nc3cc(C(C)(C)C/N=C(\N)NCCSc4c(NC(=O)CCCCN)cc(C(F)(F)F)cc4NC(=O)c4cc(C(=O)Nc5cc(C(F)(F)F)cc(NC(=O)CCCCN)c5SCCNC(=N)N)ncn4)cc(NC(=O)CCCCN)c3SCCNC(N)N)ncn2)c1. The Morgan fingerprint density at radius 1 is 0.387 bits per heavy atom. The van der Waals surface area contributed by atoms with Crippen molar-refractivity contribution in [2.24, 2.45) is 56.6 Å². The zero-order valence-electron chi connectivity index (χ0n) is 69.3. The van der Waals surface area contributed by atoms with Gasteiger partial charge in [-0.3, -0.25) is 59.5 Å². The molecule has 0 aliphatic heterocycles. The molecule has 6 aromatic rings. The predicted octanol–water partition coefficient (Wildman–Crippen LogP) is 7.89.